The number of anilines is 1. The molecule has 0 unspecified atom stereocenters. The van der Waals surface area contributed by atoms with E-state index in [-0.39, 0.29) is 11.8 Å². The van der Waals surface area contributed by atoms with Gasteiger partial charge in [0, 0.05) is 0 Å². The Morgan fingerprint density at radius 2 is 2.31 bits per heavy atom. The summed E-state index contributed by atoms with van der Waals surface area (Å²) in [4.78, 5) is 7.37. The standard InChI is InChI=1S/C10H17FN4O/c1-7(2)4-3-5-16-9-8(11)6-13-10(14-9)15-12/h6-7H,3-5,12H2,1-2H3,(H,13,14,15). The lowest BCUT2D eigenvalue weighted by atomic mass is 10.1. The average Bonchev–Trinajstić information content (AvgIpc) is 2.26. The molecule has 5 nitrogen and oxygen atoms in total. The van der Waals surface area contributed by atoms with Crippen molar-refractivity contribution in [3.05, 3.63) is 12.0 Å². The number of rotatable bonds is 6. The van der Waals surface area contributed by atoms with Crippen LogP contribution < -0.4 is 16.0 Å². The van der Waals surface area contributed by atoms with Gasteiger partial charge in [-0.15, -0.1) is 0 Å². The fourth-order valence-corrected chi connectivity index (χ4v) is 1.18. The highest BCUT2D eigenvalue weighted by molar-refractivity contribution is 5.26. The van der Waals surface area contributed by atoms with Crippen molar-refractivity contribution < 1.29 is 9.13 Å². The van der Waals surface area contributed by atoms with Gasteiger partial charge in [-0.1, -0.05) is 13.8 Å². The van der Waals surface area contributed by atoms with Crippen LogP contribution in [0.5, 0.6) is 5.88 Å². The van der Waals surface area contributed by atoms with E-state index in [1.807, 2.05) is 0 Å². The summed E-state index contributed by atoms with van der Waals surface area (Å²) in [5.74, 6) is 5.22. The molecule has 0 spiro atoms. The van der Waals surface area contributed by atoms with Crippen molar-refractivity contribution in [2.75, 3.05) is 12.0 Å². The van der Waals surface area contributed by atoms with Gasteiger partial charge in [-0.2, -0.15) is 9.37 Å². The van der Waals surface area contributed by atoms with E-state index < -0.39 is 5.82 Å². The van der Waals surface area contributed by atoms with Gasteiger partial charge in [0.25, 0.3) is 5.88 Å². The van der Waals surface area contributed by atoms with Gasteiger partial charge in [0.2, 0.25) is 11.8 Å². The zero-order valence-corrected chi connectivity index (χ0v) is 9.53. The Kier molecular flexibility index (Phi) is 4.91. The van der Waals surface area contributed by atoms with E-state index in [2.05, 4.69) is 29.2 Å². The number of hydrazine groups is 1. The monoisotopic (exact) mass is 228 g/mol. The first-order valence-electron chi connectivity index (χ1n) is 5.25. The largest absolute Gasteiger partial charge is 0.475 e. The SMILES string of the molecule is CC(C)CCCOc1nc(NN)ncc1F. The topological polar surface area (TPSA) is 73.1 Å². The molecule has 1 aromatic heterocycles. The molecule has 0 fully saturated rings. The van der Waals surface area contributed by atoms with Gasteiger partial charge < -0.3 is 4.74 Å². The fraction of sp³-hybridized carbons (Fsp3) is 0.600. The Morgan fingerprint density at radius 3 is 2.94 bits per heavy atom. The van der Waals surface area contributed by atoms with Crippen molar-refractivity contribution in [3.63, 3.8) is 0 Å². The Bertz CT molecular complexity index is 333. The Balaban J connectivity index is 2.46. The Morgan fingerprint density at radius 1 is 1.56 bits per heavy atom. The molecule has 0 aliphatic rings. The van der Waals surface area contributed by atoms with Crippen LogP contribution >= 0.6 is 0 Å². The maximum atomic E-state index is 13.2. The number of hydrogen-bond donors (Lipinski definition) is 2. The number of nitrogens with one attached hydrogen (secondary N) is 1. The summed E-state index contributed by atoms with van der Waals surface area (Å²) in [5, 5.41) is 0. The lowest BCUT2D eigenvalue weighted by molar-refractivity contribution is 0.272. The minimum absolute atomic E-state index is 0.0632. The molecule has 0 amide bonds. The summed E-state index contributed by atoms with van der Waals surface area (Å²) < 4.78 is 18.4. The van der Waals surface area contributed by atoms with Gasteiger partial charge in [0.1, 0.15) is 0 Å². The van der Waals surface area contributed by atoms with E-state index in [9.17, 15) is 4.39 Å². The summed E-state index contributed by atoms with van der Waals surface area (Å²) in [6, 6.07) is 0. The molecular weight excluding hydrogens is 211 g/mol. The summed E-state index contributed by atoms with van der Waals surface area (Å²) in [6.07, 6.45) is 2.93. The summed E-state index contributed by atoms with van der Waals surface area (Å²) >= 11 is 0. The van der Waals surface area contributed by atoms with Crippen LogP contribution in [0.2, 0.25) is 0 Å². The predicted molar refractivity (Wildman–Crippen MR) is 59.4 cm³/mol. The van der Waals surface area contributed by atoms with Gasteiger partial charge in [-0.05, 0) is 18.8 Å². The third-order valence-corrected chi connectivity index (χ3v) is 2.01. The van der Waals surface area contributed by atoms with Crippen LogP contribution in [0.15, 0.2) is 6.20 Å². The molecule has 0 radical (unpaired) electrons. The van der Waals surface area contributed by atoms with Crippen molar-refractivity contribution in [3.8, 4) is 5.88 Å². The number of nitrogen functional groups attached to an aromatic ring is 1. The van der Waals surface area contributed by atoms with Crippen LogP contribution in [0.4, 0.5) is 10.3 Å². The first-order valence-corrected chi connectivity index (χ1v) is 5.25. The van der Waals surface area contributed by atoms with Crippen molar-refractivity contribution in [1.29, 1.82) is 0 Å². The van der Waals surface area contributed by atoms with Crippen LogP contribution in [0.3, 0.4) is 0 Å². The first kappa shape index (κ1) is 12.6. The average molecular weight is 228 g/mol. The molecule has 0 saturated heterocycles. The zero-order valence-electron chi connectivity index (χ0n) is 9.53. The van der Waals surface area contributed by atoms with Gasteiger partial charge in [0.15, 0.2) is 0 Å². The van der Waals surface area contributed by atoms with Gasteiger partial charge in [0.05, 0.1) is 12.8 Å². The van der Waals surface area contributed by atoms with Crippen LogP contribution in [0.1, 0.15) is 26.7 Å². The molecule has 0 aromatic carbocycles. The second-order valence-electron chi connectivity index (χ2n) is 3.88. The van der Waals surface area contributed by atoms with E-state index in [1.54, 1.807) is 0 Å². The number of aromatic nitrogens is 2. The second-order valence-corrected chi connectivity index (χ2v) is 3.88. The van der Waals surface area contributed by atoms with Crippen molar-refractivity contribution in [2.24, 2.45) is 11.8 Å². The van der Waals surface area contributed by atoms with Crippen LogP contribution in [0, 0.1) is 11.7 Å². The molecule has 1 aromatic rings. The summed E-state index contributed by atoms with van der Waals surface area (Å²) in [6.45, 7) is 4.69. The molecule has 0 saturated carbocycles. The fourth-order valence-electron chi connectivity index (χ4n) is 1.18. The third-order valence-electron chi connectivity index (χ3n) is 2.01. The smallest absolute Gasteiger partial charge is 0.255 e. The van der Waals surface area contributed by atoms with Crippen LogP contribution in [-0.4, -0.2) is 16.6 Å². The molecule has 16 heavy (non-hydrogen) atoms. The van der Waals surface area contributed by atoms with Crippen LogP contribution in [0.25, 0.3) is 0 Å². The maximum Gasteiger partial charge on any atom is 0.255 e. The van der Waals surface area contributed by atoms with Gasteiger partial charge in [-0.3, -0.25) is 5.43 Å². The second kappa shape index (κ2) is 6.22. The Hall–Kier alpha value is -1.43. The van der Waals surface area contributed by atoms with E-state index in [0.717, 1.165) is 19.0 Å². The highest BCUT2D eigenvalue weighted by Crippen LogP contribution is 2.14. The molecule has 0 atom stereocenters. The number of halogens is 1. The van der Waals surface area contributed by atoms with E-state index in [1.165, 1.54) is 0 Å². The van der Waals surface area contributed by atoms with E-state index in [0.29, 0.717) is 12.5 Å². The quantitative estimate of drug-likeness (QED) is 0.440. The maximum absolute atomic E-state index is 13.2. The highest BCUT2D eigenvalue weighted by atomic mass is 19.1. The molecule has 0 bridgehead atoms. The number of nitrogens with zero attached hydrogens (tertiary/aromatic N) is 2. The number of nitrogens with two attached hydrogens (primary N) is 1. The predicted octanol–water partition coefficient (Wildman–Crippen LogP) is 1.72. The first-order chi connectivity index (χ1) is 7.63. The molecule has 6 heteroatoms. The lowest BCUT2D eigenvalue weighted by Gasteiger charge is -2.08. The third kappa shape index (κ3) is 3.98. The van der Waals surface area contributed by atoms with Crippen molar-refractivity contribution in [2.45, 2.75) is 26.7 Å². The summed E-state index contributed by atoms with van der Waals surface area (Å²) in [7, 11) is 0. The van der Waals surface area contributed by atoms with Crippen molar-refractivity contribution in [1.82, 2.24) is 9.97 Å². The van der Waals surface area contributed by atoms with E-state index >= 15 is 0 Å². The number of hydrogen-bond acceptors (Lipinski definition) is 5. The molecule has 90 valence electrons. The minimum Gasteiger partial charge on any atom is -0.475 e. The molecular formula is C10H17FN4O. The highest BCUT2D eigenvalue weighted by Gasteiger charge is 2.07. The summed E-state index contributed by atoms with van der Waals surface area (Å²) in [5.41, 5.74) is 2.23. The molecule has 3 N–H and O–H groups in total. The van der Waals surface area contributed by atoms with Crippen LogP contribution in [-0.2, 0) is 0 Å². The van der Waals surface area contributed by atoms with Crippen molar-refractivity contribution >= 4 is 5.95 Å². The zero-order chi connectivity index (χ0) is 12.0. The molecule has 0 aliphatic heterocycles. The normalized spacial score (nSPS) is 10.6. The van der Waals surface area contributed by atoms with E-state index in [4.69, 9.17) is 10.6 Å². The van der Waals surface area contributed by atoms with Gasteiger partial charge in [-0.25, -0.2) is 10.8 Å². The molecule has 1 heterocycles. The Labute approximate surface area is 94.2 Å². The number of ether oxygens (including phenoxy) is 1. The molecule has 1 rings (SSSR count). The van der Waals surface area contributed by atoms with Gasteiger partial charge >= 0.3 is 0 Å². The minimum atomic E-state index is -0.580. The molecule has 0 aliphatic carbocycles. The lowest BCUT2D eigenvalue weighted by Crippen LogP contribution is -2.12.